The topological polar surface area (TPSA) is 54.9 Å². The number of rotatable bonds is 9. The van der Waals surface area contributed by atoms with Crippen molar-refractivity contribution in [2.24, 2.45) is 10.9 Å². The van der Waals surface area contributed by atoms with Crippen molar-refractivity contribution in [2.45, 2.75) is 25.7 Å². The molecule has 152 valence electrons. The van der Waals surface area contributed by atoms with E-state index in [0.717, 1.165) is 71.2 Å². The molecule has 0 atom stereocenters. The number of hydrogen-bond acceptors (Lipinski definition) is 3. The Kier molecular flexibility index (Phi) is 8.59. The van der Waals surface area contributed by atoms with Gasteiger partial charge in [0.05, 0.1) is 0 Å². The number of nitrogens with one attached hydrogen (secondary N) is 2. The largest absolute Gasteiger partial charge is 0.381 e. The van der Waals surface area contributed by atoms with Crippen LogP contribution in [0.15, 0.2) is 47.5 Å². The third kappa shape index (κ3) is 6.80. The monoisotopic (exact) mass is 383 g/mol. The number of benzene rings is 2. The van der Waals surface area contributed by atoms with Crippen molar-refractivity contribution in [2.75, 3.05) is 46.6 Å². The second kappa shape index (κ2) is 11.7. The van der Waals surface area contributed by atoms with Crippen LogP contribution < -0.4 is 10.6 Å². The third-order valence-electron chi connectivity index (χ3n) is 5.20. The lowest BCUT2D eigenvalue weighted by Gasteiger charge is -2.21. The van der Waals surface area contributed by atoms with E-state index >= 15 is 0 Å². The summed E-state index contributed by atoms with van der Waals surface area (Å²) in [7, 11) is 1.81. The fraction of sp³-hybridized carbons (Fsp3) is 0.522. The summed E-state index contributed by atoms with van der Waals surface area (Å²) in [4.78, 5) is 4.30. The lowest BCUT2D eigenvalue weighted by Crippen LogP contribution is -2.39. The molecule has 2 aromatic carbocycles. The molecule has 1 aliphatic heterocycles. The summed E-state index contributed by atoms with van der Waals surface area (Å²) in [6, 6.07) is 15.1. The van der Waals surface area contributed by atoms with Crippen LogP contribution in [-0.2, 0) is 15.9 Å². The zero-order valence-corrected chi connectivity index (χ0v) is 17.0. The molecule has 1 saturated heterocycles. The van der Waals surface area contributed by atoms with Gasteiger partial charge in [0.2, 0.25) is 0 Å². The molecular formula is C23H33N3O2. The lowest BCUT2D eigenvalue weighted by molar-refractivity contribution is 0.0203. The number of aliphatic imine (C=N–C) groups is 1. The summed E-state index contributed by atoms with van der Waals surface area (Å²) in [6.45, 7) is 5.15. The van der Waals surface area contributed by atoms with Gasteiger partial charge in [-0.1, -0.05) is 42.5 Å². The van der Waals surface area contributed by atoms with Gasteiger partial charge >= 0.3 is 0 Å². The van der Waals surface area contributed by atoms with Gasteiger partial charge in [0.25, 0.3) is 0 Å². The molecule has 1 aliphatic rings. The first-order valence-electron chi connectivity index (χ1n) is 10.4. The third-order valence-corrected chi connectivity index (χ3v) is 5.20. The predicted molar refractivity (Wildman–Crippen MR) is 116 cm³/mol. The molecule has 3 rings (SSSR count). The molecule has 2 aromatic rings. The first kappa shape index (κ1) is 20.6. The van der Waals surface area contributed by atoms with E-state index in [1.807, 2.05) is 7.05 Å². The highest BCUT2D eigenvalue weighted by Gasteiger charge is 2.13. The molecule has 0 aromatic heterocycles. The normalized spacial score (nSPS) is 15.7. The minimum Gasteiger partial charge on any atom is -0.381 e. The highest BCUT2D eigenvalue weighted by atomic mass is 16.5. The van der Waals surface area contributed by atoms with Gasteiger partial charge in [-0.2, -0.15) is 0 Å². The lowest BCUT2D eigenvalue weighted by atomic mass is 10.0. The highest BCUT2D eigenvalue weighted by molar-refractivity contribution is 5.83. The van der Waals surface area contributed by atoms with Gasteiger partial charge in [-0.15, -0.1) is 0 Å². The summed E-state index contributed by atoms with van der Waals surface area (Å²) in [6.07, 6.45) is 4.21. The average Bonchev–Trinajstić information content (AvgIpc) is 2.75. The minimum atomic E-state index is 0.672. The summed E-state index contributed by atoms with van der Waals surface area (Å²) >= 11 is 0. The molecular weight excluding hydrogens is 350 g/mol. The molecule has 5 heteroatoms. The fourth-order valence-corrected chi connectivity index (χ4v) is 3.48. The maximum atomic E-state index is 5.81. The maximum absolute atomic E-state index is 5.81. The van der Waals surface area contributed by atoms with Gasteiger partial charge in [0.15, 0.2) is 5.96 Å². The van der Waals surface area contributed by atoms with Crippen LogP contribution in [0, 0.1) is 5.92 Å². The van der Waals surface area contributed by atoms with Gasteiger partial charge in [0, 0.05) is 46.6 Å². The van der Waals surface area contributed by atoms with Crippen LogP contribution in [0.25, 0.3) is 10.8 Å². The summed E-state index contributed by atoms with van der Waals surface area (Å²) in [5.74, 6) is 1.52. The van der Waals surface area contributed by atoms with E-state index in [1.165, 1.54) is 16.3 Å². The van der Waals surface area contributed by atoms with Crippen molar-refractivity contribution in [3.05, 3.63) is 48.0 Å². The van der Waals surface area contributed by atoms with Gasteiger partial charge in [-0.3, -0.25) is 4.99 Å². The Morgan fingerprint density at radius 3 is 2.68 bits per heavy atom. The molecule has 2 N–H and O–H groups in total. The first-order chi connectivity index (χ1) is 13.8. The van der Waals surface area contributed by atoms with Crippen molar-refractivity contribution in [3.8, 4) is 0 Å². The van der Waals surface area contributed by atoms with Gasteiger partial charge in [-0.05, 0) is 47.9 Å². The van der Waals surface area contributed by atoms with E-state index in [9.17, 15) is 0 Å². The standard InChI is InChI=1S/C23H33N3O2/c1-24-23(25-12-4-14-28-18-20-10-15-27-16-11-20)26-13-9-19-7-8-21-5-2-3-6-22(21)17-19/h2-3,5-8,17,20H,4,9-16,18H2,1H3,(H2,24,25,26). The van der Waals surface area contributed by atoms with Crippen LogP contribution in [0.2, 0.25) is 0 Å². The van der Waals surface area contributed by atoms with Gasteiger partial charge < -0.3 is 20.1 Å². The Bertz CT molecular complexity index is 741. The Morgan fingerprint density at radius 1 is 1.07 bits per heavy atom. The smallest absolute Gasteiger partial charge is 0.190 e. The number of fused-ring (bicyclic) bond motifs is 1. The minimum absolute atomic E-state index is 0.672. The number of guanidine groups is 1. The molecule has 0 radical (unpaired) electrons. The number of ether oxygens (including phenoxy) is 2. The van der Waals surface area contributed by atoms with Crippen LogP contribution in [0.3, 0.4) is 0 Å². The molecule has 0 unspecified atom stereocenters. The quantitative estimate of drug-likeness (QED) is 0.396. The van der Waals surface area contributed by atoms with E-state index in [2.05, 4.69) is 58.1 Å². The second-order valence-electron chi connectivity index (χ2n) is 7.34. The Balaban J connectivity index is 1.27. The molecule has 0 amide bonds. The van der Waals surface area contributed by atoms with Crippen molar-refractivity contribution in [3.63, 3.8) is 0 Å². The van der Waals surface area contributed by atoms with E-state index in [4.69, 9.17) is 9.47 Å². The average molecular weight is 384 g/mol. The predicted octanol–water partition coefficient (Wildman–Crippen LogP) is 3.38. The van der Waals surface area contributed by atoms with E-state index in [1.54, 1.807) is 0 Å². The summed E-state index contributed by atoms with van der Waals surface area (Å²) in [5, 5.41) is 9.34. The molecule has 0 bridgehead atoms. The molecule has 0 aliphatic carbocycles. The zero-order valence-electron chi connectivity index (χ0n) is 17.0. The van der Waals surface area contributed by atoms with Crippen molar-refractivity contribution in [1.29, 1.82) is 0 Å². The zero-order chi connectivity index (χ0) is 19.4. The summed E-state index contributed by atoms with van der Waals surface area (Å²) < 4.78 is 11.2. The van der Waals surface area contributed by atoms with Crippen molar-refractivity contribution < 1.29 is 9.47 Å². The van der Waals surface area contributed by atoms with E-state index in [-0.39, 0.29) is 0 Å². The SMILES string of the molecule is CN=C(NCCCOCC1CCOCC1)NCCc1ccc2ccccc2c1. The maximum Gasteiger partial charge on any atom is 0.190 e. The van der Waals surface area contributed by atoms with Crippen molar-refractivity contribution in [1.82, 2.24) is 10.6 Å². The number of hydrogen-bond donors (Lipinski definition) is 2. The van der Waals surface area contributed by atoms with E-state index < -0.39 is 0 Å². The Morgan fingerprint density at radius 2 is 1.86 bits per heavy atom. The molecule has 0 spiro atoms. The Labute approximate surface area is 168 Å². The molecule has 0 saturated carbocycles. The molecule has 1 fully saturated rings. The summed E-state index contributed by atoms with van der Waals surface area (Å²) in [5.41, 5.74) is 1.34. The second-order valence-corrected chi connectivity index (χ2v) is 7.34. The van der Waals surface area contributed by atoms with E-state index in [0.29, 0.717) is 5.92 Å². The molecule has 5 nitrogen and oxygen atoms in total. The number of nitrogens with zero attached hydrogens (tertiary/aromatic N) is 1. The van der Waals surface area contributed by atoms with Crippen LogP contribution in [-0.4, -0.2) is 52.5 Å². The molecule has 28 heavy (non-hydrogen) atoms. The molecule has 1 heterocycles. The van der Waals surface area contributed by atoms with Gasteiger partial charge in [-0.25, -0.2) is 0 Å². The van der Waals surface area contributed by atoms with Crippen molar-refractivity contribution >= 4 is 16.7 Å². The van der Waals surface area contributed by atoms with Crippen LogP contribution in [0.1, 0.15) is 24.8 Å². The Hall–Kier alpha value is -2.11. The highest BCUT2D eigenvalue weighted by Crippen LogP contribution is 2.16. The fourth-order valence-electron chi connectivity index (χ4n) is 3.48. The van der Waals surface area contributed by atoms with Gasteiger partial charge in [0.1, 0.15) is 0 Å². The van der Waals surface area contributed by atoms with Crippen LogP contribution >= 0.6 is 0 Å². The first-order valence-corrected chi connectivity index (χ1v) is 10.4. The van der Waals surface area contributed by atoms with Crippen LogP contribution in [0.5, 0.6) is 0 Å². The van der Waals surface area contributed by atoms with Crippen LogP contribution in [0.4, 0.5) is 0 Å².